The quantitative estimate of drug-likeness (QED) is 0.481. The number of carboxylic acid groups (broad SMARTS) is 1. The molecule has 4 rings (SSSR count). The molecular formula is C24H24ClFN6O5. The third kappa shape index (κ3) is 6.58. The lowest BCUT2D eigenvalue weighted by Gasteiger charge is -2.23. The van der Waals surface area contributed by atoms with Crippen molar-refractivity contribution in [3.63, 3.8) is 0 Å². The van der Waals surface area contributed by atoms with E-state index in [2.05, 4.69) is 25.3 Å². The van der Waals surface area contributed by atoms with Crippen molar-refractivity contribution < 1.29 is 28.6 Å². The van der Waals surface area contributed by atoms with E-state index in [-0.39, 0.29) is 29.9 Å². The molecule has 0 aliphatic carbocycles. The molecule has 3 heterocycles. The summed E-state index contributed by atoms with van der Waals surface area (Å²) in [4.78, 5) is 42.4. The molecule has 0 bridgehead atoms. The summed E-state index contributed by atoms with van der Waals surface area (Å²) in [7, 11) is 0. The second kappa shape index (κ2) is 10.5. The third-order valence-corrected chi connectivity index (χ3v) is 5.49. The van der Waals surface area contributed by atoms with Gasteiger partial charge < -0.3 is 24.8 Å². The predicted octanol–water partition coefficient (Wildman–Crippen LogP) is 3.93. The second-order valence-electron chi connectivity index (χ2n) is 9.28. The van der Waals surface area contributed by atoms with Crippen LogP contribution in [0.2, 0.25) is 5.02 Å². The fourth-order valence-corrected chi connectivity index (χ4v) is 3.81. The van der Waals surface area contributed by atoms with Gasteiger partial charge in [0, 0.05) is 24.8 Å². The first-order chi connectivity index (χ1) is 17.5. The van der Waals surface area contributed by atoms with E-state index >= 15 is 0 Å². The molecule has 0 saturated carbocycles. The number of hydrogen-bond donors (Lipinski definition) is 2. The average Bonchev–Trinajstić information content (AvgIpc) is 3.24. The standard InChI is InChI=1S/C24H24ClFN6O5/c1-24(2,3)37-23(35)30-18-11-32(10-16(18)21(33)34)22-29-12-28-19(31-22)13-4-6-15(7-5-13)36-20-17(26)8-14(25)9-27-20/h4-9,12,16,18H,10-11H2,1-3H3,(H,30,35)(H,33,34)/t16-,18+/m0/s1. The van der Waals surface area contributed by atoms with Crippen LogP contribution < -0.4 is 15.0 Å². The molecule has 1 aliphatic rings. The molecule has 0 unspecified atom stereocenters. The fourth-order valence-electron chi connectivity index (χ4n) is 3.66. The normalized spacial score (nSPS) is 17.4. The summed E-state index contributed by atoms with van der Waals surface area (Å²) in [6.07, 6.45) is 1.90. The maximum Gasteiger partial charge on any atom is 0.407 e. The molecule has 0 spiro atoms. The van der Waals surface area contributed by atoms with Crippen LogP contribution >= 0.6 is 11.6 Å². The summed E-state index contributed by atoms with van der Waals surface area (Å²) >= 11 is 5.71. The summed E-state index contributed by atoms with van der Waals surface area (Å²) in [5.74, 6) is -1.91. The first-order valence-electron chi connectivity index (χ1n) is 11.2. The molecule has 1 amide bonds. The lowest BCUT2D eigenvalue weighted by atomic mass is 10.0. The van der Waals surface area contributed by atoms with Crippen molar-refractivity contribution in [2.75, 3.05) is 18.0 Å². The predicted molar refractivity (Wildman–Crippen MR) is 131 cm³/mol. The van der Waals surface area contributed by atoms with Gasteiger partial charge in [0.1, 0.15) is 17.7 Å². The Morgan fingerprint density at radius 2 is 1.89 bits per heavy atom. The van der Waals surface area contributed by atoms with Crippen LogP contribution in [0.4, 0.5) is 15.1 Å². The first kappa shape index (κ1) is 26.0. The topological polar surface area (TPSA) is 140 Å². The van der Waals surface area contributed by atoms with E-state index in [4.69, 9.17) is 21.1 Å². The Morgan fingerprint density at radius 1 is 1.16 bits per heavy atom. The molecule has 2 atom stereocenters. The zero-order chi connectivity index (χ0) is 26.7. The zero-order valence-corrected chi connectivity index (χ0v) is 20.9. The molecule has 0 radical (unpaired) electrons. The molecule has 1 fully saturated rings. The molecular weight excluding hydrogens is 507 g/mol. The Hall–Kier alpha value is -4.06. The number of halogens is 2. The number of aromatic nitrogens is 4. The Kier molecular flexibility index (Phi) is 7.39. The van der Waals surface area contributed by atoms with Gasteiger partial charge in [-0.1, -0.05) is 11.6 Å². The molecule has 11 nitrogen and oxygen atoms in total. The number of carbonyl (C=O) groups is 2. The van der Waals surface area contributed by atoms with Gasteiger partial charge in [0.15, 0.2) is 11.6 Å². The number of aliphatic carboxylic acids is 1. The number of alkyl carbamates (subject to hydrolysis) is 1. The zero-order valence-electron chi connectivity index (χ0n) is 20.2. The minimum Gasteiger partial charge on any atom is -0.481 e. The molecule has 37 heavy (non-hydrogen) atoms. The second-order valence-corrected chi connectivity index (χ2v) is 9.71. The molecule has 1 saturated heterocycles. The van der Waals surface area contributed by atoms with E-state index in [0.717, 1.165) is 6.07 Å². The number of benzene rings is 1. The van der Waals surface area contributed by atoms with E-state index in [0.29, 0.717) is 17.1 Å². The number of anilines is 1. The molecule has 2 aromatic heterocycles. The van der Waals surface area contributed by atoms with Crippen molar-refractivity contribution in [1.82, 2.24) is 25.3 Å². The summed E-state index contributed by atoms with van der Waals surface area (Å²) in [5.41, 5.74) is -0.0949. The number of ether oxygens (including phenoxy) is 2. The Bertz CT molecular complexity index is 1300. The number of nitrogens with one attached hydrogen (secondary N) is 1. The molecule has 194 valence electrons. The van der Waals surface area contributed by atoms with Crippen LogP contribution in [0.3, 0.4) is 0 Å². The van der Waals surface area contributed by atoms with E-state index in [1.165, 1.54) is 12.5 Å². The van der Waals surface area contributed by atoms with E-state index in [1.54, 1.807) is 49.9 Å². The van der Waals surface area contributed by atoms with Crippen LogP contribution in [0.25, 0.3) is 11.4 Å². The Balaban J connectivity index is 1.47. The van der Waals surface area contributed by atoms with Gasteiger partial charge in [-0.25, -0.2) is 24.1 Å². The highest BCUT2D eigenvalue weighted by Crippen LogP contribution is 2.27. The van der Waals surface area contributed by atoms with Gasteiger partial charge in [-0.05, 0) is 51.1 Å². The van der Waals surface area contributed by atoms with Crippen molar-refractivity contribution in [2.45, 2.75) is 32.4 Å². The lowest BCUT2D eigenvalue weighted by molar-refractivity contribution is -0.141. The Morgan fingerprint density at radius 3 is 2.54 bits per heavy atom. The SMILES string of the molecule is CC(C)(C)OC(=O)N[C@@H]1CN(c2ncnc(-c3ccc(Oc4ncc(Cl)cc4F)cc3)n2)C[C@@H]1C(=O)O. The molecule has 2 N–H and O–H groups in total. The highest BCUT2D eigenvalue weighted by Gasteiger charge is 2.40. The van der Waals surface area contributed by atoms with Crippen LogP contribution in [0.15, 0.2) is 42.9 Å². The van der Waals surface area contributed by atoms with Crippen molar-refractivity contribution in [3.05, 3.63) is 53.7 Å². The van der Waals surface area contributed by atoms with Crippen LogP contribution in [-0.4, -0.2) is 61.8 Å². The van der Waals surface area contributed by atoms with Crippen molar-refractivity contribution in [1.29, 1.82) is 0 Å². The number of carboxylic acids is 1. The number of pyridine rings is 1. The molecule has 13 heteroatoms. The van der Waals surface area contributed by atoms with Crippen LogP contribution in [0.5, 0.6) is 11.6 Å². The fraction of sp³-hybridized carbons (Fsp3) is 0.333. The minimum atomic E-state index is -1.06. The van der Waals surface area contributed by atoms with Gasteiger partial charge >= 0.3 is 12.1 Å². The van der Waals surface area contributed by atoms with E-state index in [9.17, 15) is 19.1 Å². The van der Waals surface area contributed by atoms with Crippen LogP contribution in [-0.2, 0) is 9.53 Å². The number of rotatable bonds is 6. The smallest absolute Gasteiger partial charge is 0.407 e. The third-order valence-electron chi connectivity index (χ3n) is 5.28. The highest BCUT2D eigenvalue weighted by atomic mass is 35.5. The molecule has 3 aromatic rings. The number of nitrogens with zero attached hydrogens (tertiary/aromatic N) is 5. The van der Waals surface area contributed by atoms with Crippen molar-refractivity contribution >= 4 is 29.6 Å². The van der Waals surface area contributed by atoms with Gasteiger partial charge in [0.25, 0.3) is 5.88 Å². The first-order valence-corrected chi connectivity index (χ1v) is 11.6. The average molecular weight is 531 g/mol. The van der Waals surface area contributed by atoms with Gasteiger partial charge in [0.05, 0.1) is 17.0 Å². The van der Waals surface area contributed by atoms with Gasteiger partial charge in [-0.2, -0.15) is 4.98 Å². The minimum absolute atomic E-state index is 0.0890. The number of amides is 1. The van der Waals surface area contributed by atoms with E-state index < -0.39 is 35.4 Å². The maximum atomic E-state index is 13.9. The summed E-state index contributed by atoms with van der Waals surface area (Å²) < 4.78 is 24.7. The van der Waals surface area contributed by atoms with Gasteiger partial charge in [-0.15, -0.1) is 0 Å². The molecule has 1 aliphatic heterocycles. The number of hydrogen-bond acceptors (Lipinski definition) is 9. The van der Waals surface area contributed by atoms with E-state index in [1.807, 2.05) is 0 Å². The van der Waals surface area contributed by atoms with Crippen LogP contribution in [0.1, 0.15) is 20.8 Å². The number of carbonyl (C=O) groups excluding carboxylic acids is 1. The van der Waals surface area contributed by atoms with Gasteiger partial charge in [0.2, 0.25) is 5.95 Å². The molecule has 1 aromatic carbocycles. The van der Waals surface area contributed by atoms with Crippen molar-refractivity contribution in [2.24, 2.45) is 5.92 Å². The lowest BCUT2D eigenvalue weighted by Crippen LogP contribution is -2.45. The summed E-state index contributed by atoms with van der Waals surface area (Å²) in [6.45, 7) is 5.43. The van der Waals surface area contributed by atoms with Crippen molar-refractivity contribution in [3.8, 4) is 23.0 Å². The van der Waals surface area contributed by atoms with Crippen LogP contribution in [0, 0.1) is 11.7 Å². The largest absolute Gasteiger partial charge is 0.481 e. The Labute approximate surface area is 216 Å². The van der Waals surface area contributed by atoms with Gasteiger partial charge in [-0.3, -0.25) is 4.79 Å². The monoisotopic (exact) mass is 530 g/mol. The summed E-state index contributed by atoms with van der Waals surface area (Å²) in [6, 6.07) is 6.96. The maximum absolute atomic E-state index is 13.9. The highest BCUT2D eigenvalue weighted by molar-refractivity contribution is 6.30. The summed E-state index contributed by atoms with van der Waals surface area (Å²) in [5, 5.41) is 12.5.